The fourth-order valence-corrected chi connectivity index (χ4v) is 0.905. The predicted molar refractivity (Wildman–Crippen MR) is 40.0 cm³/mol. The molecule has 0 saturated carbocycles. The number of aromatic hydroxyl groups is 1. The van der Waals surface area contributed by atoms with Crippen molar-refractivity contribution >= 4 is 5.69 Å². The van der Waals surface area contributed by atoms with Gasteiger partial charge in [-0.3, -0.25) is 4.98 Å². The first kappa shape index (κ1) is 8.70. The summed E-state index contributed by atoms with van der Waals surface area (Å²) in [5.74, 6) is -0.407. The number of nitrogens with two attached hydrogens (primary N) is 1. The van der Waals surface area contributed by atoms with Gasteiger partial charge >= 0.3 is 0 Å². The Bertz CT molecular complexity index is 302. The summed E-state index contributed by atoms with van der Waals surface area (Å²) in [5.41, 5.74) is 4.67. The summed E-state index contributed by atoms with van der Waals surface area (Å²) in [7, 11) is 0. The molecule has 3 nitrogen and oxygen atoms in total. The molecule has 3 N–H and O–H groups in total. The summed E-state index contributed by atoms with van der Waals surface area (Å²) in [4.78, 5) is 3.55. The Morgan fingerprint density at radius 3 is 2.58 bits per heavy atom. The lowest BCUT2D eigenvalue weighted by molar-refractivity contribution is 0.150. The molecule has 0 aliphatic carbocycles. The minimum absolute atomic E-state index is 0.139. The van der Waals surface area contributed by atoms with Gasteiger partial charge in [0.2, 0.25) is 0 Å². The molecular weight excluding hydrogens is 166 g/mol. The van der Waals surface area contributed by atoms with Gasteiger partial charge in [0.15, 0.2) is 5.75 Å². The van der Waals surface area contributed by atoms with E-state index in [9.17, 15) is 8.78 Å². The predicted octanol–water partition coefficient (Wildman–Crippen LogP) is 1.62. The van der Waals surface area contributed by atoms with E-state index in [0.29, 0.717) is 0 Å². The van der Waals surface area contributed by atoms with Crippen molar-refractivity contribution < 1.29 is 13.9 Å². The number of nitrogen functional groups attached to an aromatic ring is 1. The summed E-state index contributed by atoms with van der Waals surface area (Å²) in [5, 5.41) is 8.95. The van der Waals surface area contributed by atoms with E-state index in [2.05, 4.69) is 4.98 Å². The van der Waals surface area contributed by atoms with E-state index in [0.717, 1.165) is 6.20 Å². The van der Waals surface area contributed by atoms with E-state index in [4.69, 9.17) is 10.8 Å². The number of alkyl halides is 2. The van der Waals surface area contributed by atoms with Crippen molar-refractivity contribution in [2.75, 3.05) is 5.73 Å². The molecule has 12 heavy (non-hydrogen) atoms. The van der Waals surface area contributed by atoms with Gasteiger partial charge in [0, 0.05) is 5.69 Å². The smallest absolute Gasteiger partial charge is 0.267 e. The summed E-state index contributed by atoms with van der Waals surface area (Å²) < 4.78 is 24.5. The van der Waals surface area contributed by atoms with E-state index in [1.54, 1.807) is 0 Å². The molecule has 0 aliphatic heterocycles. The maximum atomic E-state index is 12.2. The van der Waals surface area contributed by atoms with E-state index < -0.39 is 17.7 Å². The normalized spacial score (nSPS) is 10.7. The lowest BCUT2D eigenvalue weighted by Crippen LogP contribution is -2.00. The number of rotatable bonds is 1. The van der Waals surface area contributed by atoms with E-state index in [1.165, 1.54) is 6.92 Å². The number of halogens is 2. The number of nitrogens with zero attached hydrogens (tertiary/aromatic N) is 1. The molecule has 1 heterocycles. The van der Waals surface area contributed by atoms with Gasteiger partial charge in [-0.1, -0.05) is 0 Å². The molecular formula is C7H8F2N2O. The molecule has 0 unspecified atom stereocenters. The minimum atomic E-state index is -2.70. The third-order valence-corrected chi connectivity index (χ3v) is 1.55. The molecule has 0 saturated heterocycles. The first-order valence-corrected chi connectivity index (χ1v) is 3.26. The fraction of sp³-hybridized carbons (Fsp3) is 0.286. The van der Waals surface area contributed by atoms with Crippen LogP contribution in [0.1, 0.15) is 17.7 Å². The molecule has 1 aromatic heterocycles. The zero-order valence-corrected chi connectivity index (χ0v) is 6.38. The second-order valence-electron chi connectivity index (χ2n) is 2.36. The third-order valence-electron chi connectivity index (χ3n) is 1.55. The Labute approximate surface area is 67.8 Å². The van der Waals surface area contributed by atoms with Gasteiger partial charge in [-0.25, -0.2) is 8.78 Å². The number of hydrogen-bond acceptors (Lipinski definition) is 3. The largest absolute Gasteiger partial charge is 0.504 e. The molecule has 1 rings (SSSR count). The van der Waals surface area contributed by atoms with Gasteiger partial charge in [0.05, 0.1) is 17.4 Å². The number of aryl methyl sites for hydroxylation is 1. The van der Waals surface area contributed by atoms with Crippen LogP contribution in [0.2, 0.25) is 0 Å². The number of hydrogen-bond donors (Lipinski definition) is 2. The molecule has 0 fully saturated rings. The lowest BCUT2D eigenvalue weighted by Gasteiger charge is -2.08. The summed E-state index contributed by atoms with van der Waals surface area (Å²) in [6, 6.07) is 0. The van der Waals surface area contributed by atoms with Crippen LogP contribution in [0.4, 0.5) is 14.5 Å². The minimum Gasteiger partial charge on any atom is -0.504 e. The summed E-state index contributed by atoms with van der Waals surface area (Å²) in [6.07, 6.45) is -1.65. The van der Waals surface area contributed by atoms with Gasteiger partial charge in [-0.05, 0) is 6.92 Å². The molecule has 5 heteroatoms. The van der Waals surface area contributed by atoms with Crippen LogP contribution in [0.3, 0.4) is 0 Å². The Morgan fingerprint density at radius 1 is 1.58 bits per heavy atom. The van der Waals surface area contributed by atoms with Gasteiger partial charge in [-0.15, -0.1) is 0 Å². The Kier molecular flexibility index (Phi) is 2.12. The Balaban J connectivity index is 3.33. The van der Waals surface area contributed by atoms with E-state index in [1.807, 2.05) is 0 Å². The van der Waals surface area contributed by atoms with Crippen LogP contribution in [0.5, 0.6) is 5.75 Å². The van der Waals surface area contributed by atoms with Crippen molar-refractivity contribution in [1.29, 1.82) is 0 Å². The van der Waals surface area contributed by atoms with Crippen molar-refractivity contribution in [3.8, 4) is 5.75 Å². The van der Waals surface area contributed by atoms with Crippen LogP contribution in [-0.2, 0) is 0 Å². The topological polar surface area (TPSA) is 59.1 Å². The van der Waals surface area contributed by atoms with Crippen molar-refractivity contribution in [1.82, 2.24) is 4.98 Å². The van der Waals surface area contributed by atoms with Crippen LogP contribution in [-0.4, -0.2) is 10.1 Å². The second-order valence-corrected chi connectivity index (χ2v) is 2.36. The number of anilines is 1. The summed E-state index contributed by atoms with van der Waals surface area (Å²) in [6.45, 7) is 1.41. The lowest BCUT2D eigenvalue weighted by atomic mass is 10.1. The van der Waals surface area contributed by atoms with Crippen LogP contribution in [0.25, 0.3) is 0 Å². The molecule has 0 atom stereocenters. The molecule has 0 spiro atoms. The molecule has 0 aliphatic rings. The molecule has 0 aromatic carbocycles. The molecule has 0 bridgehead atoms. The highest BCUT2D eigenvalue weighted by Gasteiger charge is 2.17. The Morgan fingerprint density at radius 2 is 2.17 bits per heavy atom. The average Bonchev–Trinajstić information content (AvgIpc) is 1.97. The first-order chi connectivity index (χ1) is 5.54. The quantitative estimate of drug-likeness (QED) is 0.680. The number of aromatic nitrogens is 1. The fourth-order valence-electron chi connectivity index (χ4n) is 0.905. The molecule has 0 radical (unpaired) electrons. The van der Waals surface area contributed by atoms with Crippen molar-refractivity contribution in [3.05, 3.63) is 17.5 Å². The van der Waals surface area contributed by atoms with Crippen LogP contribution in [0.15, 0.2) is 6.20 Å². The third kappa shape index (κ3) is 1.30. The highest BCUT2D eigenvalue weighted by atomic mass is 19.3. The van der Waals surface area contributed by atoms with Crippen LogP contribution >= 0.6 is 0 Å². The average molecular weight is 174 g/mol. The molecule has 1 aromatic rings. The maximum Gasteiger partial charge on any atom is 0.267 e. The molecule has 66 valence electrons. The van der Waals surface area contributed by atoms with E-state index in [-0.39, 0.29) is 11.4 Å². The highest BCUT2D eigenvalue weighted by Crippen LogP contribution is 2.32. The van der Waals surface area contributed by atoms with Gasteiger partial charge in [0.1, 0.15) is 0 Å². The SMILES string of the molecule is Cc1ncc(O)c(N)c1C(F)F. The van der Waals surface area contributed by atoms with Crippen molar-refractivity contribution in [2.24, 2.45) is 0 Å². The van der Waals surface area contributed by atoms with Crippen LogP contribution in [0, 0.1) is 6.92 Å². The first-order valence-electron chi connectivity index (χ1n) is 3.26. The van der Waals surface area contributed by atoms with Crippen molar-refractivity contribution in [3.63, 3.8) is 0 Å². The monoisotopic (exact) mass is 174 g/mol. The number of pyridine rings is 1. The standard InChI is InChI=1S/C7H8F2N2O/c1-3-5(7(8)9)6(10)4(12)2-11-3/h2,7,12H,1H3,(H2,10,11). The van der Waals surface area contributed by atoms with Gasteiger partial charge in [-0.2, -0.15) is 0 Å². The highest BCUT2D eigenvalue weighted by molar-refractivity contribution is 5.58. The summed E-state index contributed by atoms with van der Waals surface area (Å²) >= 11 is 0. The maximum absolute atomic E-state index is 12.2. The zero-order valence-electron chi connectivity index (χ0n) is 6.38. The van der Waals surface area contributed by atoms with Crippen molar-refractivity contribution in [2.45, 2.75) is 13.3 Å². The van der Waals surface area contributed by atoms with Gasteiger partial charge < -0.3 is 10.8 Å². The van der Waals surface area contributed by atoms with Crippen LogP contribution < -0.4 is 5.73 Å². The van der Waals surface area contributed by atoms with E-state index >= 15 is 0 Å². The molecule has 0 amide bonds. The zero-order chi connectivity index (χ0) is 9.30. The van der Waals surface area contributed by atoms with Gasteiger partial charge in [0.25, 0.3) is 6.43 Å². The Hall–Kier alpha value is -1.39. The second kappa shape index (κ2) is 2.92.